The van der Waals surface area contributed by atoms with Crippen LogP contribution in [0.4, 0.5) is 0 Å². The molecular formula is C17H26N4O3. The second-order valence-corrected chi connectivity index (χ2v) is 7.39. The summed E-state index contributed by atoms with van der Waals surface area (Å²) in [6.07, 6.45) is 2.59. The predicted molar refractivity (Wildman–Crippen MR) is 87.8 cm³/mol. The maximum Gasteiger partial charge on any atom is 0.274 e. The molecule has 1 amide bonds. The van der Waals surface area contributed by atoms with E-state index in [0.717, 1.165) is 56.7 Å². The van der Waals surface area contributed by atoms with Gasteiger partial charge in [0.15, 0.2) is 5.69 Å². The minimum atomic E-state index is -0.161. The Kier molecular flexibility index (Phi) is 4.10. The van der Waals surface area contributed by atoms with Gasteiger partial charge in [-0.05, 0) is 26.7 Å². The highest BCUT2D eigenvalue weighted by atomic mass is 16.5. The Hall–Kier alpha value is -1.44. The molecule has 2 N–H and O–H groups in total. The van der Waals surface area contributed by atoms with Crippen LogP contribution >= 0.6 is 0 Å². The number of piperidine rings is 1. The molecule has 0 unspecified atom stereocenters. The molecule has 0 bridgehead atoms. The molecule has 0 radical (unpaired) electrons. The van der Waals surface area contributed by atoms with Crippen molar-refractivity contribution in [2.24, 2.45) is 0 Å². The minimum absolute atomic E-state index is 0.0379. The molecule has 0 saturated carbocycles. The van der Waals surface area contributed by atoms with E-state index in [9.17, 15) is 9.90 Å². The number of aromatic nitrogens is 2. The van der Waals surface area contributed by atoms with Gasteiger partial charge in [-0.25, -0.2) is 0 Å². The van der Waals surface area contributed by atoms with Gasteiger partial charge in [0.1, 0.15) is 0 Å². The van der Waals surface area contributed by atoms with E-state index in [4.69, 9.17) is 4.74 Å². The van der Waals surface area contributed by atoms with Crippen LogP contribution in [0.5, 0.6) is 0 Å². The second-order valence-electron chi connectivity index (χ2n) is 7.39. The lowest BCUT2D eigenvalue weighted by molar-refractivity contribution is -0.0382. The van der Waals surface area contributed by atoms with E-state index in [-0.39, 0.29) is 24.2 Å². The first-order valence-corrected chi connectivity index (χ1v) is 8.97. The van der Waals surface area contributed by atoms with E-state index in [1.54, 1.807) is 0 Å². The molecule has 1 aromatic heterocycles. The largest absolute Gasteiger partial charge is 0.390 e. The van der Waals surface area contributed by atoms with Gasteiger partial charge in [0.05, 0.1) is 24.0 Å². The topological polar surface area (TPSA) is 81.7 Å². The number of aromatic amines is 1. The van der Waals surface area contributed by atoms with E-state index < -0.39 is 0 Å². The molecule has 3 aliphatic heterocycles. The monoisotopic (exact) mass is 334 g/mol. The van der Waals surface area contributed by atoms with Crippen LogP contribution in [0.3, 0.4) is 0 Å². The summed E-state index contributed by atoms with van der Waals surface area (Å²) in [6, 6.07) is 0.499. The molecule has 132 valence electrons. The molecule has 0 aliphatic carbocycles. The Morgan fingerprint density at radius 3 is 2.67 bits per heavy atom. The Morgan fingerprint density at radius 1 is 1.29 bits per heavy atom. The number of ether oxygens (including phenoxy) is 1. The van der Waals surface area contributed by atoms with Crippen molar-refractivity contribution in [1.82, 2.24) is 20.0 Å². The normalized spacial score (nSPS) is 29.4. The fourth-order valence-corrected chi connectivity index (χ4v) is 4.22. The highest BCUT2D eigenvalue weighted by Crippen LogP contribution is 2.31. The number of fused-ring (bicyclic) bond motifs is 1. The van der Waals surface area contributed by atoms with Crippen LogP contribution in [-0.2, 0) is 11.2 Å². The number of aliphatic hydroxyl groups is 1. The van der Waals surface area contributed by atoms with Gasteiger partial charge in [-0.2, -0.15) is 5.10 Å². The number of hydrogen-bond donors (Lipinski definition) is 2. The lowest BCUT2D eigenvalue weighted by atomic mass is 9.97. The maximum absolute atomic E-state index is 12.9. The first-order chi connectivity index (χ1) is 11.5. The number of β-amino-alcohol motifs (C(OH)–C–C–N with tert-alkyl or cyclic N) is 1. The summed E-state index contributed by atoms with van der Waals surface area (Å²) < 4.78 is 5.80. The van der Waals surface area contributed by atoms with E-state index in [0.29, 0.717) is 11.7 Å². The lowest BCUT2D eigenvalue weighted by Crippen LogP contribution is -2.58. The highest BCUT2D eigenvalue weighted by Gasteiger charge is 2.36. The Labute approximate surface area is 142 Å². The van der Waals surface area contributed by atoms with Gasteiger partial charge in [0.25, 0.3) is 5.91 Å². The third kappa shape index (κ3) is 2.74. The lowest BCUT2D eigenvalue weighted by Gasteiger charge is -2.45. The van der Waals surface area contributed by atoms with E-state index in [1.807, 2.05) is 18.7 Å². The zero-order valence-electron chi connectivity index (χ0n) is 14.4. The van der Waals surface area contributed by atoms with Gasteiger partial charge >= 0.3 is 0 Å². The fourth-order valence-electron chi connectivity index (χ4n) is 4.22. The molecule has 1 aromatic rings. The van der Waals surface area contributed by atoms with Crippen molar-refractivity contribution in [3.05, 3.63) is 17.0 Å². The van der Waals surface area contributed by atoms with Crippen LogP contribution in [-0.4, -0.2) is 75.4 Å². The van der Waals surface area contributed by atoms with Crippen molar-refractivity contribution in [2.75, 3.05) is 26.2 Å². The van der Waals surface area contributed by atoms with Crippen LogP contribution in [0.1, 0.15) is 54.5 Å². The number of hydrogen-bond acceptors (Lipinski definition) is 5. The minimum Gasteiger partial charge on any atom is -0.390 e. The number of carbonyl (C=O) groups excluding carboxylic acids is 1. The van der Waals surface area contributed by atoms with Gasteiger partial charge in [-0.15, -0.1) is 0 Å². The van der Waals surface area contributed by atoms with Crippen LogP contribution in [0, 0.1) is 0 Å². The first-order valence-electron chi connectivity index (χ1n) is 8.97. The molecular weight excluding hydrogens is 308 g/mol. The smallest absolute Gasteiger partial charge is 0.274 e. The van der Waals surface area contributed by atoms with Gasteiger partial charge in [0.2, 0.25) is 0 Å². The van der Waals surface area contributed by atoms with Gasteiger partial charge in [0, 0.05) is 44.2 Å². The highest BCUT2D eigenvalue weighted by molar-refractivity contribution is 5.94. The van der Waals surface area contributed by atoms with E-state index in [2.05, 4.69) is 15.1 Å². The average Bonchev–Trinajstić information content (AvgIpc) is 2.95. The average molecular weight is 334 g/mol. The Balaban J connectivity index is 1.42. The summed E-state index contributed by atoms with van der Waals surface area (Å²) >= 11 is 0. The van der Waals surface area contributed by atoms with Crippen LogP contribution in [0.15, 0.2) is 0 Å². The van der Waals surface area contributed by atoms with Crippen molar-refractivity contribution in [1.29, 1.82) is 0 Å². The molecule has 2 atom stereocenters. The molecule has 4 heterocycles. The molecule has 7 nitrogen and oxygen atoms in total. The number of rotatable bonds is 2. The summed E-state index contributed by atoms with van der Waals surface area (Å²) in [7, 11) is 0. The number of nitrogens with one attached hydrogen (secondary N) is 1. The number of nitrogens with zero attached hydrogens (tertiary/aromatic N) is 3. The van der Waals surface area contributed by atoms with Crippen molar-refractivity contribution in [3.8, 4) is 0 Å². The van der Waals surface area contributed by atoms with Crippen molar-refractivity contribution in [3.63, 3.8) is 0 Å². The van der Waals surface area contributed by atoms with Gasteiger partial charge in [-0.3, -0.25) is 14.8 Å². The summed E-state index contributed by atoms with van der Waals surface area (Å²) in [5.74, 6) is 0.0379. The molecule has 2 saturated heterocycles. The van der Waals surface area contributed by atoms with Crippen LogP contribution in [0.2, 0.25) is 0 Å². The first kappa shape index (κ1) is 16.1. The number of aliphatic hydroxyl groups excluding tert-OH is 1. The summed E-state index contributed by atoms with van der Waals surface area (Å²) in [6.45, 7) is 7.11. The van der Waals surface area contributed by atoms with Crippen LogP contribution < -0.4 is 0 Å². The zero-order chi connectivity index (χ0) is 16.8. The Morgan fingerprint density at radius 2 is 2.00 bits per heavy atom. The predicted octanol–water partition coefficient (Wildman–Crippen LogP) is 0.713. The molecule has 0 spiro atoms. The number of amides is 1. The second kappa shape index (κ2) is 6.13. The maximum atomic E-state index is 12.9. The number of H-pyrrole nitrogens is 1. The molecule has 0 aromatic carbocycles. The molecule has 7 heteroatoms. The molecule has 2 fully saturated rings. The molecule has 4 rings (SSSR count). The van der Waals surface area contributed by atoms with Crippen LogP contribution in [0.25, 0.3) is 0 Å². The quantitative estimate of drug-likeness (QED) is 0.833. The van der Waals surface area contributed by atoms with Gasteiger partial charge in [-0.1, -0.05) is 0 Å². The summed E-state index contributed by atoms with van der Waals surface area (Å²) in [5, 5.41) is 16.8. The fraction of sp³-hybridized carbons (Fsp3) is 0.765. The number of likely N-dealkylation sites (tertiary alicyclic amines) is 2. The van der Waals surface area contributed by atoms with Crippen molar-refractivity contribution >= 4 is 5.91 Å². The number of carbonyl (C=O) groups is 1. The standard InChI is InChI=1S/C17H26N4O3/c1-10-7-14-15(11(2)24-10)18-19-16(14)17(23)20-5-3-12(4-6-20)21-8-13(22)9-21/h10-13,22H,3-9H2,1-2H3,(H,18,19)/t10-,11+/m1/s1. The summed E-state index contributed by atoms with van der Waals surface area (Å²) in [4.78, 5) is 17.2. The van der Waals surface area contributed by atoms with E-state index >= 15 is 0 Å². The van der Waals surface area contributed by atoms with Gasteiger partial charge < -0.3 is 14.7 Å². The van der Waals surface area contributed by atoms with Crippen molar-refractivity contribution in [2.45, 2.75) is 57.5 Å². The van der Waals surface area contributed by atoms with Crippen molar-refractivity contribution < 1.29 is 14.6 Å². The zero-order valence-corrected chi connectivity index (χ0v) is 14.4. The SMILES string of the molecule is C[C@@H]1Cc2c(C(=O)N3CCC(N4CC(O)C4)CC3)n[nH]c2[C@H](C)O1. The molecule has 24 heavy (non-hydrogen) atoms. The third-order valence-electron chi connectivity index (χ3n) is 5.59. The van der Waals surface area contributed by atoms with E-state index in [1.165, 1.54) is 0 Å². The summed E-state index contributed by atoms with van der Waals surface area (Å²) in [5.41, 5.74) is 2.55. The molecule has 3 aliphatic rings. The Bertz CT molecular complexity index is 617. The third-order valence-corrected chi connectivity index (χ3v) is 5.59.